The first kappa shape index (κ1) is 20.8. The van der Waals surface area contributed by atoms with Gasteiger partial charge >= 0.3 is 0 Å². The number of hydrogen-bond acceptors (Lipinski definition) is 5. The predicted octanol–water partition coefficient (Wildman–Crippen LogP) is 1.76. The first-order chi connectivity index (χ1) is 14.6. The Morgan fingerprint density at radius 3 is 2.10 bits per heavy atom. The second-order valence-corrected chi connectivity index (χ2v) is 9.18. The molecule has 2 aliphatic heterocycles. The van der Waals surface area contributed by atoms with Crippen LogP contribution in [0.5, 0.6) is 0 Å². The van der Waals surface area contributed by atoms with E-state index in [0.717, 1.165) is 11.4 Å². The zero-order chi connectivity index (χ0) is 21.0. The number of nitrogens with one attached hydrogen (secondary N) is 1. The van der Waals surface area contributed by atoms with Crippen molar-refractivity contribution in [3.05, 3.63) is 60.2 Å². The lowest BCUT2D eigenvalue weighted by Gasteiger charge is -2.37. The fourth-order valence-corrected chi connectivity index (χ4v) is 5.25. The van der Waals surface area contributed by atoms with E-state index in [2.05, 4.69) is 5.32 Å². The SMILES string of the molecule is O=C(c1ccccc1Nc1ccccc1)N1CCN(S(=O)(=O)N2CCOCC2)CC1. The Balaban J connectivity index is 1.42. The highest BCUT2D eigenvalue weighted by molar-refractivity contribution is 7.86. The predicted molar refractivity (Wildman–Crippen MR) is 115 cm³/mol. The Hall–Kier alpha value is -2.46. The van der Waals surface area contributed by atoms with E-state index in [9.17, 15) is 13.2 Å². The summed E-state index contributed by atoms with van der Waals surface area (Å²) in [6.45, 7) is 2.90. The zero-order valence-corrected chi connectivity index (χ0v) is 17.6. The maximum atomic E-state index is 13.2. The molecule has 0 bridgehead atoms. The lowest BCUT2D eigenvalue weighted by atomic mass is 10.1. The number of nitrogens with zero attached hydrogens (tertiary/aromatic N) is 3. The quantitative estimate of drug-likeness (QED) is 0.782. The van der Waals surface area contributed by atoms with Crippen molar-refractivity contribution in [2.45, 2.75) is 0 Å². The van der Waals surface area contributed by atoms with E-state index in [1.807, 2.05) is 48.5 Å². The highest BCUT2D eigenvalue weighted by atomic mass is 32.2. The van der Waals surface area contributed by atoms with E-state index in [-0.39, 0.29) is 5.91 Å². The van der Waals surface area contributed by atoms with Crippen LogP contribution in [0.25, 0.3) is 0 Å². The molecule has 8 nitrogen and oxygen atoms in total. The molecule has 2 aromatic rings. The van der Waals surface area contributed by atoms with Crippen LogP contribution in [-0.2, 0) is 14.9 Å². The van der Waals surface area contributed by atoms with Crippen molar-refractivity contribution in [3.63, 3.8) is 0 Å². The van der Waals surface area contributed by atoms with Gasteiger partial charge < -0.3 is 15.0 Å². The molecule has 0 spiro atoms. The number of para-hydroxylation sites is 2. The van der Waals surface area contributed by atoms with Gasteiger partial charge in [-0.05, 0) is 24.3 Å². The zero-order valence-electron chi connectivity index (χ0n) is 16.7. The average Bonchev–Trinajstić information content (AvgIpc) is 2.80. The van der Waals surface area contributed by atoms with Gasteiger partial charge in [0, 0.05) is 45.0 Å². The summed E-state index contributed by atoms with van der Waals surface area (Å²) in [7, 11) is -3.51. The molecule has 1 amide bonds. The molecule has 30 heavy (non-hydrogen) atoms. The molecule has 2 heterocycles. The first-order valence-corrected chi connectivity index (χ1v) is 11.5. The summed E-state index contributed by atoms with van der Waals surface area (Å²) in [5.41, 5.74) is 2.21. The molecule has 0 aliphatic carbocycles. The molecule has 1 N–H and O–H groups in total. The fourth-order valence-electron chi connectivity index (χ4n) is 3.69. The number of anilines is 2. The third kappa shape index (κ3) is 4.49. The molecule has 9 heteroatoms. The van der Waals surface area contributed by atoms with Gasteiger partial charge in [0.05, 0.1) is 24.5 Å². The Kier molecular flexibility index (Phi) is 6.33. The largest absolute Gasteiger partial charge is 0.379 e. The number of amides is 1. The Labute approximate surface area is 177 Å². The molecular formula is C21H26N4O4S. The Morgan fingerprint density at radius 1 is 0.800 bits per heavy atom. The minimum atomic E-state index is -3.51. The van der Waals surface area contributed by atoms with E-state index in [1.165, 1.54) is 8.61 Å². The van der Waals surface area contributed by atoms with Crippen LogP contribution in [0, 0.1) is 0 Å². The highest BCUT2D eigenvalue weighted by Crippen LogP contribution is 2.23. The second-order valence-electron chi connectivity index (χ2n) is 7.25. The fraction of sp³-hybridized carbons (Fsp3) is 0.381. The topological polar surface area (TPSA) is 82.2 Å². The third-order valence-electron chi connectivity index (χ3n) is 5.36. The van der Waals surface area contributed by atoms with Crippen LogP contribution < -0.4 is 5.32 Å². The van der Waals surface area contributed by atoms with E-state index < -0.39 is 10.2 Å². The smallest absolute Gasteiger partial charge is 0.282 e. The Bertz CT molecular complexity index is 970. The van der Waals surface area contributed by atoms with Gasteiger partial charge in [-0.3, -0.25) is 4.79 Å². The van der Waals surface area contributed by atoms with Crippen LogP contribution >= 0.6 is 0 Å². The van der Waals surface area contributed by atoms with Gasteiger partial charge in [-0.15, -0.1) is 0 Å². The van der Waals surface area contributed by atoms with E-state index >= 15 is 0 Å². The molecule has 2 aliphatic rings. The molecular weight excluding hydrogens is 404 g/mol. The van der Waals surface area contributed by atoms with Crippen molar-refractivity contribution >= 4 is 27.5 Å². The summed E-state index contributed by atoms with van der Waals surface area (Å²) in [5, 5.41) is 3.30. The van der Waals surface area contributed by atoms with Gasteiger partial charge in [0.15, 0.2) is 0 Å². The normalized spacial score (nSPS) is 18.9. The molecule has 0 unspecified atom stereocenters. The average molecular weight is 431 g/mol. The molecule has 2 fully saturated rings. The summed E-state index contributed by atoms with van der Waals surface area (Å²) in [4.78, 5) is 14.9. The molecule has 0 atom stereocenters. The second kappa shape index (κ2) is 9.13. The van der Waals surface area contributed by atoms with Crippen molar-refractivity contribution in [1.29, 1.82) is 0 Å². The van der Waals surface area contributed by atoms with Crippen LogP contribution in [0.3, 0.4) is 0 Å². The number of piperazine rings is 1. The van der Waals surface area contributed by atoms with Gasteiger partial charge in [0.25, 0.3) is 16.1 Å². The van der Waals surface area contributed by atoms with E-state index in [1.54, 1.807) is 11.0 Å². The summed E-state index contributed by atoms with van der Waals surface area (Å²) in [6.07, 6.45) is 0. The van der Waals surface area contributed by atoms with Crippen molar-refractivity contribution in [3.8, 4) is 0 Å². The molecule has 2 aromatic carbocycles. The van der Waals surface area contributed by atoms with Crippen molar-refractivity contribution in [2.75, 3.05) is 57.8 Å². The summed E-state index contributed by atoms with van der Waals surface area (Å²) < 4.78 is 33.8. The van der Waals surface area contributed by atoms with Crippen LogP contribution in [0.4, 0.5) is 11.4 Å². The molecule has 2 saturated heterocycles. The highest BCUT2D eigenvalue weighted by Gasteiger charge is 2.34. The first-order valence-electron chi connectivity index (χ1n) is 10.1. The molecule has 0 aromatic heterocycles. The minimum Gasteiger partial charge on any atom is -0.379 e. The molecule has 4 rings (SSSR count). The maximum absolute atomic E-state index is 13.2. The number of carbonyl (C=O) groups excluding carboxylic acids is 1. The van der Waals surface area contributed by atoms with Gasteiger partial charge in [-0.2, -0.15) is 17.0 Å². The maximum Gasteiger partial charge on any atom is 0.282 e. The monoisotopic (exact) mass is 430 g/mol. The van der Waals surface area contributed by atoms with Gasteiger partial charge in [-0.1, -0.05) is 30.3 Å². The van der Waals surface area contributed by atoms with Crippen LogP contribution in [0.15, 0.2) is 54.6 Å². The lowest BCUT2D eigenvalue weighted by molar-refractivity contribution is 0.0637. The third-order valence-corrected chi connectivity index (χ3v) is 7.39. The summed E-state index contributed by atoms with van der Waals surface area (Å²) in [6, 6.07) is 17.1. The van der Waals surface area contributed by atoms with Crippen LogP contribution in [-0.4, -0.2) is 80.3 Å². The van der Waals surface area contributed by atoms with Crippen molar-refractivity contribution in [1.82, 2.24) is 13.5 Å². The number of ether oxygens (including phenoxy) is 1. The lowest BCUT2D eigenvalue weighted by Crippen LogP contribution is -2.55. The number of benzene rings is 2. The number of carbonyl (C=O) groups is 1. The van der Waals surface area contributed by atoms with Crippen LogP contribution in [0.2, 0.25) is 0 Å². The van der Waals surface area contributed by atoms with Gasteiger partial charge in [-0.25, -0.2) is 0 Å². The van der Waals surface area contributed by atoms with Crippen molar-refractivity contribution < 1.29 is 17.9 Å². The van der Waals surface area contributed by atoms with E-state index in [0.29, 0.717) is 58.0 Å². The minimum absolute atomic E-state index is 0.0996. The van der Waals surface area contributed by atoms with Gasteiger partial charge in [0.1, 0.15) is 0 Å². The van der Waals surface area contributed by atoms with E-state index in [4.69, 9.17) is 4.74 Å². The standard InChI is InChI=1S/C21H26N4O4S/c26-21(19-8-4-5-9-20(19)22-18-6-2-1-3-7-18)23-10-12-24(13-11-23)30(27,28)25-14-16-29-17-15-25/h1-9,22H,10-17H2. The number of morpholine rings is 1. The van der Waals surface area contributed by atoms with Crippen molar-refractivity contribution in [2.24, 2.45) is 0 Å². The summed E-state index contributed by atoms with van der Waals surface area (Å²) >= 11 is 0. The van der Waals surface area contributed by atoms with Gasteiger partial charge in [0.2, 0.25) is 0 Å². The Morgan fingerprint density at radius 2 is 1.40 bits per heavy atom. The molecule has 0 saturated carbocycles. The summed E-state index contributed by atoms with van der Waals surface area (Å²) in [5.74, 6) is -0.0996. The molecule has 160 valence electrons. The van der Waals surface area contributed by atoms with Crippen LogP contribution in [0.1, 0.15) is 10.4 Å². The number of rotatable bonds is 5. The molecule has 0 radical (unpaired) electrons. The number of hydrogen-bond donors (Lipinski definition) is 1.